The van der Waals surface area contributed by atoms with Crippen LogP contribution in [0, 0.1) is 0 Å². The maximum absolute atomic E-state index is 11.8. The molecule has 1 aliphatic rings. The van der Waals surface area contributed by atoms with Gasteiger partial charge in [-0.25, -0.2) is 9.59 Å². The number of nitrogens with one attached hydrogen (secondary N) is 2. The van der Waals surface area contributed by atoms with Crippen molar-refractivity contribution in [1.82, 2.24) is 10.6 Å². The van der Waals surface area contributed by atoms with Gasteiger partial charge in [-0.2, -0.15) is 0 Å². The van der Waals surface area contributed by atoms with Crippen molar-refractivity contribution < 1.29 is 19.1 Å². The van der Waals surface area contributed by atoms with Crippen LogP contribution in [0.5, 0.6) is 0 Å². The van der Waals surface area contributed by atoms with E-state index in [0.717, 1.165) is 5.56 Å². The predicted molar refractivity (Wildman–Crippen MR) is 90.5 cm³/mol. The van der Waals surface area contributed by atoms with Gasteiger partial charge in [0, 0.05) is 0 Å². The molecule has 2 amide bonds. The van der Waals surface area contributed by atoms with Gasteiger partial charge in [0.2, 0.25) is 0 Å². The molecule has 1 aromatic carbocycles. The highest BCUT2D eigenvalue weighted by Crippen LogP contribution is 2.13. The summed E-state index contributed by atoms with van der Waals surface area (Å²) in [4.78, 5) is 23.5. The van der Waals surface area contributed by atoms with Crippen LogP contribution < -0.4 is 10.6 Å². The van der Waals surface area contributed by atoms with E-state index in [0.29, 0.717) is 6.42 Å². The van der Waals surface area contributed by atoms with E-state index in [-0.39, 0.29) is 18.7 Å². The Morgan fingerprint density at radius 3 is 2.21 bits per heavy atom. The van der Waals surface area contributed by atoms with Crippen LogP contribution in [0.2, 0.25) is 0 Å². The Kier molecular flexibility index (Phi) is 5.84. The zero-order valence-corrected chi connectivity index (χ0v) is 14.2. The lowest BCUT2D eigenvalue weighted by molar-refractivity contribution is 0.0513. The van der Waals surface area contributed by atoms with Crippen LogP contribution in [0.1, 0.15) is 32.8 Å². The first-order valence-electron chi connectivity index (χ1n) is 7.97. The van der Waals surface area contributed by atoms with Gasteiger partial charge in [0.1, 0.15) is 12.2 Å². The molecule has 0 aliphatic heterocycles. The summed E-state index contributed by atoms with van der Waals surface area (Å²) < 4.78 is 10.4. The highest BCUT2D eigenvalue weighted by molar-refractivity contribution is 5.69. The van der Waals surface area contributed by atoms with E-state index in [9.17, 15) is 9.59 Å². The third kappa shape index (κ3) is 6.32. The largest absolute Gasteiger partial charge is 0.445 e. The number of hydrogen-bond acceptors (Lipinski definition) is 4. The lowest BCUT2D eigenvalue weighted by Crippen LogP contribution is -2.40. The fraction of sp³-hybridized carbons (Fsp3) is 0.444. The Hall–Kier alpha value is -2.50. The Labute approximate surface area is 142 Å². The number of alkyl carbamates (subject to hydrolysis) is 2. The Morgan fingerprint density at radius 2 is 1.62 bits per heavy atom. The van der Waals surface area contributed by atoms with Crippen molar-refractivity contribution in [2.75, 3.05) is 0 Å². The maximum atomic E-state index is 11.8. The van der Waals surface area contributed by atoms with Gasteiger partial charge < -0.3 is 20.1 Å². The van der Waals surface area contributed by atoms with Crippen molar-refractivity contribution in [2.24, 2.45) is 0 Å². The minimum atomic E-state index is -0.536. The van der Waals surface area contributed by atoms with Crippen LogP contribution in [0.15, 0.2) is 42.5 Å². The lowest BCUT2D eigenvalue weighted by atomic mass is 10.2. The standard InChI is InChI=1S/C18H24N2O4/c1-18(2,3)24-17(22)20-15-10-9-14(11-15)19-16(21)23-12-13-7-5-4-6-8-13/h4-10,14-15H,11-12H2,1-3H3,(H,19,21)(H,20,22)/t14-,15+/m1/s1. The van der Waals surface area contributed by atoms with Crippen LogP contribution in [0.4, 0.5) is 9.59 Å². The fourth-order valence-corrected chi connectivity index (χ4v) is 2.29. The van der Waals surface area contributed by atoms with Gasteiger partial charge in [0.05, 0.1) is 12.1 Å². The molecule has 130 valence electrons. The minimum Gasteiger partial charge on any atom is -0.445 e. The van der Waals surface area contributed by atoms with E-state index in [1.165, 1.54) is 0 Å². The van der Waals surface area contributed by atoms with E-state index in [2.05, 4.69) is 10.6 Å². The first-order valence-corrected chi connectivity index (χ1v) is 7.97. The normalized spacial score (nSPS) is 19.6. The summed E-state index contributed by atoms with van der Waals surface area (Å²) in [5.74, 6) is 0. The molecule has 24 heavy (non-hydrogen) atoms. The number of hydrogen-bond donors (Lipinski definition) is 2. The molecule has 2 N–H and O–H groups in total. The van der Waals surface area contributed by atoms with Gasteiger partial charge in [-0.05, 0) is 32.8 Å². The molecule has 1 aromatic rings. The van der Waals surface area contributed by atoms with E-state index in [1.54, 1.807) is 0 Å². The van der Waals surface area contributed by atoms with E-state index >= 15 is 0 Å². The van der Waals surface area contributed by atoms with Gasteiger partial charge in [-0.15, -0.1) is 0 Å². The fourth-order valence-electron chi connectivity index (χ4n) is 2.29. The van der Waals surface area contributed by atoms with Crippen LogP contribution >= 0.6 is 0 Å². The van der Waals surface area contributed by atoms with E-state index < -0.39 is 17.8 Å². The number of carbonyl (C=O) groups is 2. The SMILES string of the molecule is CC(C)(C)OC(=O)N[C@H]1C=C[C@@H](NC(=O)OCc2ccccc2)C1. The summed E-state index contributed by atoms with van der Waals surface area (Å²) in [6.45, 7) is 5.65. The second kappa shape index (κ2) is 7.86. The summed E-state index contributed by atoms with van der Waals surface area (Å²) >= 11 is 0. The molecule has 0 aromatic heterocycles. The second-order valence-electron chi connectivity index (χ2n) is 6.69. The zero-order chi connectivity index (χ0) is 17.6. The van der Waals surface area contributed by atoms with Crippen molar-refractivity contribution >= 4 is 12.2 Å². The predicted octanol–water partition coefficient (Wildman–Crippen LogP) is 3.13. The number of ether oxygens (including phenoxy) is 2. The zero-order valence-electron chi connectivity index (χ0n) is 14.2. The Balaban J connectivity index is 1.69. The summed E-state index contributed by atoms with van der Waals surface area (Å²) in [7, 11) is 0. The molecule has 1 aliphatic carbocycles. The Morgan fingerprint density at radius 1 is 1.04 bits per heavy atom. The number of rotatable bonds is 4. The quantitative estimate of drug-likeness (QED) is 0.831. The number of amides is 2. The summed E-state index contributed by atoms with van der Waals surface area (Å²) in [6, 6.07) is 9.14. The molecular formula is C18H24N2O4. The minimum absolute atomic E-state index is 0.167. The molecule has 6 heteroatoms. The lowest BCUT2D eigenvalue weighted by Gasteiger charge is -2.21. The monoisotopic (exact) mass is 332 g/mol. The smallest absolute Gasteiger partial charge is 0.408 e. The maximum Gasteiger partial charge on any atom is 0.408 e. The number of benzene rings is 1. The molecule has 0 bridgehead atoms. The van der Waals surface area contributed by atoms with Crippen molar-refractivity contribution in [2.45, 2.75) is 51.5 Å². The van der Waals surface area contributed by atoms with Gasteiger partial charge >= 0.3 is 12.2 Å². The van der Waals surface area contributed by atoms with Crippen LogP contribution in [-0.4, -0.2) is 29.9 Å². The van der Waals surface area contributed by atoms with Crippen LogP contribution in [-0.2, 0) is 16.1 Å². The van der Waals surface area contributed by atoms with E-state index in [1.807, 2.05) is 63.3 Å². The average Bonchev–Trinajstić information content (AvgIpc) is 2.91. The first kappa shape index (κ1) is 17.8. The van der Waals surface area contributed by atoms with Gasteiger partial charge in [-0.1, -0.05) is 42.5 Å². The molecule has 2 atom stereocenters. The summed E-state index contributed by atoms with van der Waals surface area (Å²) in [6.07, 6.45) is 3.30. The summed E-state index contributed by atoms with van der Waals surface area (Å²) in [5.41, 5.74) is 0.393. The van der Waals surface area contributed by atoms with Crippen molar-refractivity contribution in [3.63, 3.8) is 0 Å². The molecule has 0 saturated heterocycles. The third-order valence-electron chi connectivity index (χ3n) is 3.30. The van der Waals surface area contributed by atoms with Crippen molar-refractivity contribution in [3.05, 3.63) is 48.0 Å². The van der Waals surface area contributed by atoms with Gasteiger partial charge in [-0.3, -0.25) is 0 Å². The van der Waals surface area contributed by atoms with Crippen LogP contribution in [0.3, 0.4) is 0 Å². The molecule has 0 unspecified atom stereocenters. The third-order valence-corrected chi connectivity index (χ3v) is 3.30. The van der Waals surface area contributed by atoms with Crippen LogP contribution in [0.25, 0.3) is 0 Å². The molecule has 0 spiro atoms. The Bertz CT molecular complexity index is 593. The van der Waals surface area contributed by atoms with Crippen molar-refractivity contribution in [3.8, 4) is 0 Å². The first-order chi connectivity index (χ1) is 11.3. The van der Waals surface area contributed by atoms with E-state index in [4.69, 9.17) is 9.47 Å². The average molecular weight is 332 g/mol. The molecule has 0 saturated carbocycles. The molecule has 2 rings (SSSR count). The topological polar surface area (TPSA) is 76.7 Å². The molecular weight excluding hydrogens is 308 g/mol. The van der Waals surface area contributed by atoms with Gasteiger partial charge in [0.15, 0.2) is 0 Å². The molecule has 0 fully saturated rings. The highest BCUT2D eigenvalue weighted by atomic mass is 16.6. The summed E-state index contributed by atoms with van der Waals surface area (Å²) in [5, 5.41) is 5.52. The number of carbonyl (C=O) groups excluding carboxylic acids is 2. The van der Waals surface area contributed by atoms with Crippen molar-refractivity contribution in [1.29, 1.82) is 0 Å². The van der Waals surface area contributed by atoms with Gasteiger partial charge in [0.25, 0.3) is 0 Å². The molecule has 0 radical (unpaired) electrons. The molecule has 0 heterocycles. The highest BCUT2D eigenvalue weighted by Gasteiger charge is 2.24. The molecule has 6 nitrogen and oxygen atoms in total. The second-order valence-corrected chi connectivity index (χ2v) is 6.69.